The van der Waals surface area contributed by atoms with Gasteiger partial charge in [0.05, 0.1) is 0 Å². The van der Waals surface area contributed by atoms with E-state index in [4.69, 9.17) is 5.73 Å². The zero-order valence-electron chi connectivity index (χ0n) is 12.9. The number of nitrogens with two attached hydrogens (primary N) is 1. The molecule has 2 rings (SSSR count). The standard InChI is InChI=1S/C18H22N2O/c1-4-20(12-15-8-6-5-7-13(15)2)16-9-10-18(19)17(11-16)14(3)21/h5-11H,4,12,19H2,1-3H3. The lowest BCUT2D eigenvalue weighted by atomic mass is 10.1. The van der Waals surface area contributed by atoms with E-state index in [0.29, 0.717) is 11.3 Å². The van der Waals surface area contributed by atoms with Crippen LogP contribution in [0, 0.1) is 6.92 Å². The summed E-state index contributed by atoms with van der Waals surface area (Å²) in [5.74, 6) is 0.00120. The Labute approximate surface area is 126 Å². The highest BCUT2D eigenvalue weighted by Gasteiger charge is 2.11. The number of anilines is 2. The first kappa shape index (κ1) is 15.1. The number of Topliss-reactive ketones (excluding diaryl/α,β-unsaturated/α-hetero) is 1. The summed E-state index contributed by atoms with van der Waals surface area (Å²) in [6, 6.07) is 14.0. The zero-order valence-corrected chi connectivity index (χ0v) is 12.9. The van der Waals surface area contributed by atoms with Crippen LogP contribution in [-0.4, -0.2) is 12.3 Å². The van der Waals surface area contributed by atoms with Crippen molar-refractivity contribution in [2.75, 3.05) is 17.2 Å². The second-order valence-corrected chi connectivity index (χ2v) is 5.27. The van der Waals surface area contributed by atoms with Crippen LogP contribution in [0.3, 0.4) is 0 Å². The van der Waals surface area contributed by atoms with Gasteiger partial charge in [-0.3, -0.25) is 4.79 Å². The summed E-state index contributed by atoms with van der Waals surface area (Å²) in [6.07, 6.45) is 0. The number of nitrogen functional groups attached to an aromatic ring is 1. The molecule has 0 amide bonds. The maximum atomic E-state index is 11.6. The van der Waals surface area contributed by atoms with Gasteiger partial charge < -0.3 is 10.6 Å². The number of rotatable bonds is 5. The maximum absolute atomic E-state index is 11.6. The molecule has 0 aliphatic carbocycles. The minimum absolute atomic E-state index is 0.00120. The van der Waals surface area contributed by atoms with Gasteiger partial charge in [-0.2, -0.15) is 0 Å². The summed E-state index contributed by atoms with van der Waals surface area (Å²) in [5.41, 5.74) is 10.6. The van der Waals surface area contributed by atoms with E-state index >= 15 is 0 Å². The predicted molar refractivity (Wildman–Crippen MR) is 88.8 cm³/mol. The van der Waals surface area contributed by atoms with Crippen LogP contribution < -0.4 is 10.6 Å². The van der Waals surface area contributed by atoms with Crippen molar-refractivity contribution in [2.45, 2.75) is 27.3 Å². The molecule has 0 radical (unpaired) electrons. The third-order valence-electron chi connectivity index (χ3n) is 3.79. The van der Waals surface area contributed by atoms with Crippen molar-refractivity contribution >= 4 is 17.2 Å². The summed E-state index contributed by atoms with van der Waals surface area (Å²) in [5, 5.41) is 0. The number of nitrogens with zero attached hydrogens (tertiary/aromatic N) is 1. The van der Waals surface area contributed by atoms with Gasteiger partial charge in [0.25, 0.3) is 0 Å². The summed E-state index contributed by atoms with van der Waals surface area (Å²) in [4.78, 5) is 13.9. The molecule has 0 aliphatic rings. The molecule has 3 nitrogen and oxygen atoms in total. The molecule has 0 unspecified atom stereocenters. The lowest BCUT2D eigenvalue weighted by Crippen LogP contribution is -2.22. The maximum Gasteiger partial charge on any atom is 0.161 e. The Hall–Kier alpha value is -2.29. The first-order valence-electron chi connectivity index (χ1n) is 7.22. The summed E-state index contributed by atoms with van der Waals surface area (Å²) in [7, 11) is 0. The molecular formula is C18H22N2O. The zero-order chi connectivity index (χ0) is 15.4. The van der Waals surface area contributed by atoms with Gasteiger partial charge in [0.1, 0.15) is 0 Å². The van der Waals surface area contributed by atoms with Crippen molar-refractivity contribution in [1.29, 1.82) is 0 Å². The van der Waals surface area contributed by atoms with Crippen LogP contribution in [0.25, 0.3) is 0 Å². The second kappa shape index (κ2) is 6.44. The van der Waals surface area contributed by atoms with Crippen molar-refractivity contribution in [1.82, 2.24) is 0 Å². The number of hydrogen-bond acceptors (Lipinski definition) is 3. The minimum atomic E-state index is 0.00120. The molecule has 2 N–H and O–H groups in total. The molecule has 0 heterocycles. The molecule has 0 saturated carbocycles. The third-order valence-corrected chi connectivity index (χ3v) is 3.79. The summed E-state index contributed by atoms with van der Waals surface area (Å²) < 4.78 is 0. The average Bonchev–Trinajstić information content (AvgIpc) is 2.47. The molecule has 0 aromatic heterocycles. The highest BCUT2D eigenvalue weighted by molar-refractivity contribution is 6.00. The van der Waals surface area contributed by atoms with E-state index in [1.54, 1.807) is 6.92 Å². The Morgan fingerprint density at radius 3 is 2.52 bits per heavy atom. The highest BCUT2D eigenvalue weighted by Crippen LogP contribution is 2.24. The largest absolute Gasteiger partial charge is 0.398 e. The number of ketones is 1. The first-order valence-corrected chi connectivity index (χ1v) is 7.22. The SMILES string of the molecule is CCN(Cc1ccccc1C)c1ccc(N)c(C(C)=O)c1. The van der Waals surface area contributed by atoms with Crippen molar-refractivity contribution in [3.8, 4) is 0 Å². The number of hydrogen-bond donors (Lipinski definition) is 1. The van der Waals surface area contributed by atoms with E-state index < -0.39 is 0 Å². The van der Waals surface area contributed by atoms with Crippen LogP contribution in [0.4, 0.5) is 11.4 Å². The highest BCUT2D eigenvalue weighted by atomic mass is 16.1. The summed E-state index contributed by atoms with van der Waals surface area (Å²) in [6.45, 7) is 7.47. The molecule has 3 heteroatoms. The van der Waals surface area contributed by atoms with E-state index in [-0.39, 0.29) is 5.78 Å². The molecule has 0 aliphatic heterocycles. The molecule has 2 aromatic rings. The normalized spacial score (nSPS) is 10.4. The second-order valence-electron chi connectivity index (χ2n) is 5.27. The Morgan fingerprint density at radius 1 is 1.19 bits per heavy atom. The van der Waals surface area contributed by atoms with E-state index in [1.165, 1.54) is 11.1 Å². The predicted octanol–water partition coefficient (Wildman–Crippen LogP) is 3.81. The van der Waals surface area contributed by atoms with Gasteiger partial charge in [-0.15, -0.1) is 0 Å². The van der Waals surface area contributed by atoms with Crippen LogP contribution in [0.5, 0.6) is 0 Å². The smallest absolute Gasteiger partial charge is 0.161 e. The van der Waals surface area contributed by atoms with Crippen LogP contribution in [0.15, 0.2) is 42.5 Å². The van der Waals surface area contributed by atoms with Gasteiger partial charge in [-0.25, -0.2) is 0 Å². The van der Waals surface area contributed by atoms with Crippen LogP contribution in [0.2, 0.25) is 0 Å². The Bertz CT molecular complexity index is 649. The molecule has 0 fully saturated rings. The number of carbonyl (C=O) groups excluding carboxylic acids is 1. The lowest BCUT2D eigenvalue weighted by molar-refractivity contribution is 0.101. The molecule has 2 aromatic carbocycles. The Kier molecular flexibility index (Phi) is 4.63. The van der Waals surface area contributed by atoms with E-state index in [9.17, 15) is 4.79 Å². The van der Waals surface area contributed by atoms with Crippen LogP contribution in [0.1, 0.15) is 35.3 Å². The molecule has 0 saturated heterocycles. The Morgan fingerprint density at radius 2 is 1.90 bits per heavy atom. The lowest BCUT2D eigenvalue weighted by Gasteiger charge is -2.25. The number of aryl methyl sites for hydroxylation is 1. The first-order chi connectivity index (χ1) is 10.0. The summed E-state index contributed by atoms with van der Waals surface area (Å²) >= 11 is 0. The van der Waals surface area contributed by atoms with Crippen molar-refractivity contribution in [3.05, 3.63) is 59.2 Å². The average molecular weight is 282 g/mol. The van der Waals surface area contributed by atoms with E-state index in [2.05, 4.69) is 36.9 Å². The number of benzene rings is 2. The van der Waals surface area contributed by atoms with E-state index in [0.717, 1.165) is 18.8 Å². The minimum Gasteiger partial charge on any atom is -0.398 e. The fourth-order valence-electron chi connectivity index (χ4n) is 2.42. The fraction of sp³-hybridized carbons (Fsp3) is 0.278. The van der Waals surface area contributed by atoms with Crippen molar-refractivity contribution in [3.63, 3.8) is 0 Å². The molecular weight excluding hydrogens is 260 g/mol. The van der Waals surface area contributed by atoms with Crippen molar-refractivity contribution in [2.24, 2.45) is 0 Å². The van der Waals surface area contributed by atoms with Gasteiger partial charge in [-0.05, 0) is 50.1 Å². The fourth-order valence-corrected chi connectivity index (χ4v) is 2.42. The van der Waals surface area contributed by atoms with Crippen LogP contribution in [-0.2, 0) is 6.54 Å². The monoisotopic (exact) mass is 282 g/mol. The van der Waals surface area contributed by atoms with Gasteiger partial charge in [0.15, 0.2) is 5.78 Å². The molecule has 0 atom stereocenters. The van der Waals surface area contributed by atoms with Gasteiger partial charge in [0.2, 0.25) is 0 Å². The Balaban J connectivity index is 2.32. The van der Waals surface area contributed by atoms with E-state index in [1.807, 2.05) is 24.3 Å². The van der Waals surface area contributed by atoms with Gasteiger partial charge in [-0.1, -0.05) is 24.3 Å². The van der Waals surface area contributed by atoms with Crippen LogP contribution >= 0.6 is 0 Å². The third kappa shape index (κ3) is 3.43. The topological polar surface area (TPSA) is 46.3 Å². The molecule has 110 valence electrons. The van der Waals surface area contributed by atoms with Gasteiger partial charge >= 0.3 is 0 Å². The quantitative estimate of drug-likeness (QED) is 0.670. The van der Waals surface area contributed by atoms with Crippen molar-refractivity contribution < 1.29 is 4.79 Å². The molecule has 0 bridgehead atoms. The molecule has 21 heavy (non-hydrogen) atoms. The molecule has 0 spiro atoms. The number of carbonyl (C=O) groups is 1. The van der Waals surface area contributed by atoms with Gasteiger partial charge in [0, 0.05) is 30.0 Å².